The number of rotatable bonds is 3. The smallest absolute Gasteiger partial charge is 0.236 e. The highest BCUT2D eigenvalue weighted by molar-refractivity contribution is 5.85. The van der Waals surface area contributed by atoms with Crippen molar-refractivity contribution in [2.45, 2.75) is 52.5 Å². The largest absolute Gasteiger partial charge is 0.354 e. The van der Waals surface area contributed by atoms with E-state index in [0.717, 1.165) is 6.54 Å². The maximum absolute atomic E-state index is 11.3. The molecule has 0 aromatic heterocycles. The van der Waals surface area contributed by atoms with Gasteiger partial charge in [0.25, 0.3) is 0 Å². The van der Waals surface area contributed by atoms with Crippen molar-refractivity contribution in [3.63, 3.8) is 0 Å². The molecular weight excluding hydrogens is 224 g/mol. The molecular formula is C12H25ClN2O. The number of halogens is 1. The Labute approximate surface area is 105 Å². The lowest BCUT2D eigenvalue weighted by Gasteiger charge is -2.34. The van der Waals surface area contributed by atoms with E-state index in [1.165, 1.54) is 25.7 Å². The van der Waals surface area contributed by atoms with Gasteiger partial charge in [-0.3, -0.25) is 4.79 Å². The molecule has 0 bridgehead atoms. The van der Waals surface area contributed by atoms with E-state index in [1.54, 1.807) is 6.92 Å². The van der Waals surface area contributed by atoms with Gasteiger partial charge < -0.3 is 11.1 Å². The van der Waals surface area contributed by atoms with Crippen LogP contribution in [-0.2, 0) is 4.79 Å². The van der Waals surface area contributed by atoms with E-state index in [-0.39, 0.29) is 24.4 Å². The predicted octanol–water partition coefficient (Wildman–Crippen LogP) is 2.09. The van der Waals surface area contributed by atoms with Crippen LogP contribution in [0.15, 0.2) is 0 Å². The fraction of sp³-hybridized carbons (Fsp3) is 0.917. The van der Waals surface area contributed by atoms with Gasteiger partial charge in [0.05, 0.1) is 6.04 Å². The van der Waals surface area contributed by atoms with Crippen molar-refractivity contribution in [3.05, 3.63) is 0 Å². The molecule has 0 aromatic carbocycles. The maximum Gasteiger partial charge on any atom is 0.236 e. The highest BCUT2D eigenvalue weighted by Gasteiger charge is 2.26. The molecule has 1 rings (SSSR count). The molecule has 0 saturated heterocycles. The number of hydrogen-bond acceptors (Lipinski definition) is 2. The highest BCUT2D eigenvalue weighted by atomic mass is 35.5. The SMILES string of the molecule is C[C@@H](N)C(=O)NCC1CCC(C)(C)CC1.Cl. The van der Waals surface area contributed by atoms with E-state index < -0.39 is 0 Å². The van der Waals surface area contributed by atoms with Crippen molar-refractivity contribution in [2.24, 2.45) is 17.1 Å². The second kappa shape index (κ2) is 6.45. The number of carbonyl (C=O) groups excluding carboxylic acids is 1. The summed E-state index contributed by atoms with van der Waals surface area (Å²) in [6.07, 6.45) is 5.00. The lowest BCUT2D eigenvalue weighted by Crippen LogP contribution is -2.41. The summed E-state index contributed by atoms with van der Waals surface area (Å²) in [5.41, 5.74) is 5.98. The summed E-state index contributed by atoms with van der Waals surface area (Å²) in [7, 11) is 0. The van der Waals surface area contributed by atoms with Gasteiger partial charge in [-0.25, -0.2) is 0 Å². The van der Waals surface area contributed by atoms with E-state index in [4.69, 9.17) is 5.73 Å². The Kier molecular flexibility index (Phi) is 6.34. The predicted molar refractivity (Wildman–Crippen MR) is 69.6 cm³/mol. The van der Waals surface area contributed by atoms with Gasteiger partial charge in [0, 0.05) is 6.54 Å². The molecule has 0 unspecified atom stereocenters. The molecule has 3 nitrogen and oxygen atoms in total. The van der Waals surface area contributed by atoms with Gasteiger partial charge >= 0.3 is 0 Å². The van der Waals surface area contributed by atoms with E-state index in [2.05, 4.69) is 19.2 Å². The minimum absolute atomic E-state index is 0. The van der Waals surface area contributed by atoms with Gasteiger partial charge in [-0.1, -0.05) is 13.8 Å². The molecule has 0 spiro atoms. The second-order valence-electron chi connectivity index (χ2n) is 5.64. The molecule has 1 atom stereocenters. The van der Waals surface area contributed by atoms with Gasteiger partial charge in [0.1, 0.15) is 0 Å². The van der Waals surface area contributed by atoms with Crippen molar-refractivity contribution in [1.29, 1.82) is 0 Å². The van der Waals surface area contributed by atoms with Crippen LogP contribution in [0.1, 0.15) is 46.5 Å². The Bertz CT molecular complexity index is 219. The molecule has 1 aliphatic rings. The standard InChI is InChI=1S/C12H24N2O.ClH/c1-9(13)11(15)14-8-10-4-6-12(2,3)7-5-10;/h9-10H,4-8,13H2,1-3H3,(H,14,15);1H/t9-;/m1./s1. The summed E-state index contributed by atoms with van der Waals surface area (Å²) in [5, 5.41) is 2.92. The first-order valence-corrected chi connectivity index (χ1v) is 5.94. The zero-order valence-corrected chi connectivity index (χ0v) is 11.4. The molecule has 1 aliphatic carbocycles. The van der Waals surface area contributed by atoms with Crippen LogP contribution in [0.2, 0.25) is 0 Å². The normalized spacial score (nSPS) is 22.0. The Morgan fingerprint density at radius 2 is 1.94 bits per heavy atom. The minimum atomic E-state index is -0.384. The number of nitrogens with one attached hydrogen (secondary N) is 1. The fourth-order valence-corrected chi connectivity index (χ4v) is 2.07. The van der Waals surface area contributed by atoms with Gasteiger partial charge in [-0.15, -0.1) is 12.4 Å². The summed E-state index contributed by atoms with van der Waals surface area (Å²) in [6.45, 7) is 7.17. The Balaban J connectivity index is 0.00000225. The Hall–Kier alpha value is -0.280. The first-order valence-electron chi connectivity index (χ1n) is 5.94. The van der Waals surface area contributed by atoms with Crippen molar-refractivity contribution < 1.29 is 4.79 Å². The number of nitrogens with two attached hydrogens (primary N) is 1. The Morgan fingerprint density at radius 1 is 1.44 bits per heavy atom. The summed E-state index contributed by atoms with van der Waals surface area (Å²) in [4.78, 5) is 11.3. The van der Waals surface area contributed by atoms with Gasteiger partial charge in [-0.2, -0.15) is 0 Å². The number of carbonyl (C=O) groups is 1. The number of hydrogen-bond donors (Lipinski definition) is 2. The molecule has 3 N–H and O–H groups in total. The van der Waals surface area contributed by atoms with Crippen LogP contribution in [0, 0.1) is 11.3 Å². The van der Waals surface area contributed by atoms with Crippen LogP contribution in [0.4, 0.5) is 0 Å². The zero-order chi connectivity index (χ0) is 11.5. The summed E-state index contributed by atoms with van der Waals surface area (Å²) in [5.74, 6) is 0.626. The van der Waals surface area contributed by atoms with E-state index in [9.17, 15) is 4.79 Å². The molecule has 96 valence electrons. The average molecular weight is 249 g/mol. The molecule has 1 amide bonds. The van der Waals surface area contributed by atoms with Crippen molar-refractivity contribution in [1.82, 2.24) is 5.32 Å². The first-order chi connectivity index (χ1) is 6.91. The van der Waals surface area contributed by atoms with Gasteiger partial charge in [0.2, 0.25) is 5.91 Å². The monoisotopic (exact) mass is 248 g/mol. The zero-order valence-electron chi connectivity index (χ0n) is 10.6. The van der Waals surface area contributed by atoms with Crippen LogP contribution in [-0.4, -0.2) is 18.5 Å². The molecule has 0 aromatic rings. The topological polar surface area (TPSA) is 55.1 Å². The van der Waals surface area contributed by atoms with Crippen molar-refractivity contribution in [2.75, 3.05) is 6.54 Å². The fourth-order valence-electron chi connectivity index (χ4n) is 2.07. The molecule has 0 heterocycles. The summed E-state index contributed by atoms with van der Waals surface area (Å²) < 4.78 is 0. The molecule has 0 aliphatic heterocycles. The van der Waals surface area contributed by atoms with Crippen LogP contribution in [0.25, 0.3) is 0 Å². The Morgan fingerprint density at radius 3 is 2.38 bits per heavy atom. The van der Waals surface area contributed by atoms with Crippen LogP contribution >= 0.6 is 12.4 Å². The van der Waals surface area contributed by atoms with Gasteiger partial charge in [-0.05, 0) is 43.9 Å². The van der Waals surface area contributed by atoms with E-state index in [0.29, 0.717) is 11.3 Å². The quantitative estimate of drug-likeness (QED) is 0.804. The van der Waals surface area contributed by atoms with E-state index >= 15 is 0 Å². The second-order valence-corrected chi connectivity index (χ2v) is 5.64. The maximum atomic E-state index is 11.3. The third-order valence-electron chi connectivity index (χ3n) is 3.44. The molecule has 0 radical (unpaired) electrons. The van der Waals surface area contributed by atoms with Gasteiger partial charge in [0.15, 0.2) is 0 Å². The molecule has 16 heavy (non-hydrogen) atoms. The van der Waals surface area contributed by atoms with Crippen LogP contribution < -0.4 is 11.1 Å². The third-order valence-corrected chi connectivity index (χ3v) is 3.44. The lowest BCUT2D eigenvalue weighted by molar-refractivity contribution is -0.122. The molecule has 1 fully saturated rings. The van der Waals surface area contributed by atoms with Crippen molar-refractivity contribution in [3.8, 4) is 0 Å². The summed E-state index contributed by atoms with van der Waals surface area (Å²) >= 11 is 0. The summed E-state index contributed by atoms with van der Waals surface area (Å²) in [6, 6.07) is -0.384. The van der Waals surface area contributed by atoms with Crippen molar-refractivity contribution >= 4 is 18.3 Å². The lowest BCUT2D eigenvalue weighted by atomic mass is 9.73. The first kappa shape index (κ1) is 15.7. The van der Waals surface area contributed by atoms with E-state index in [1.807, 2.05) is 0 Å². The third kappa shape index (κ3) is 5.17. The number of amides is 1. The molecule has 1 saturated carbocycles. The average Bonchev–Trinajstić information content (AvgIpc) is 2.15. The highest BCUT2D eigenvalue weighted by Crippen LogP contribution is 2.37. The van der Waals surface area contributed by atoms with Crippen LogP contribution in [0.5, 0.6) is 0 Å². The van der Waals surface area contributed by atoms with Crippen LogP contribution in [0.3, 0.4) is 0 Å². The molecule has 4 heteroatoms. The minimum Gasteiger partial charge on any atom is -0.354 e.